The molecule has 7 heteroatoms. The van der Waals surface area contributed by atoms with Crippen LogP contribution in [0.15, 0.2) is 18.2 Å². The van der Waals surface area contributed by atoms with Crippen molar-refractivity contribution in [1.82, 2.24) is 20.4 Å². The van der Waals surface area contributed by atoms with Gasteiger partial charge in [0.1, 0.15) is 11.5 Å². The van der Waals surface area contributed by atoms with Gasteiger partial charge in [0.15, 0.2) is 5.69 Å². The summed E-state index contributed by atoms with van der Waals surface area (Å²) in [5.74, 6) is 1.80. The monoisotopic (exact) mass is 356 g/mol. The number of aromatic nitrogens is 2. The fourth-order valence-electron chi connectivity index (χ4n) is 3.61. The van der Waals surface area contributed by atoms with Gasteiger partial charge >= 0.3 is 0 Å². The summed E-state index contributed by atoms with van der Waals surface area (Å²) in [7, 11) is 3.71. The van der Waals surface area contributed by atoms with Gasteiger partial charge in [-0.15, -0.1) is 0 Å². The molecule has 2 N–H and O–H groups in total. The van der Waals surface area contributed by atoms with E-state index in [0.717, 1.165) is 54.3 Å². The molecule has 7 nitrogen and oxygen atoms in total. The first-order valence-electron chi connectivity index (χ1n) is 8.96. The zero-order chi connectivity index (χ0) is 18.1. The molecule has 0 saturated heterocycles. The molecule has 0 radical (unpaired) electrons. The van der Waals surface area contributed by atoms with Crippen LogP contribution >= 0.6 is 0 Å². The molecule has 0 unspecified atom stereocenters. The summed E-state index contributed by atoms with van der Waals surface area (Å²) in [6.45, 7) is 2.90. The van der Waals surface area contributed by atoms with Crippen LogP contribution in [0.25, 0.3) is 0 Å². The molecule has 3 heterocycles. The zero-order valence-electron chi connectivity index (χ0n) is 15.2. The Morgan fingerprint density at radius 2 is 2.38 bits per heavy atom. The minimum absolute atomic E-state index is 0.113. The van der Waals surface area contributed by atoms with E-state index in [-0.39, 0.29) is 11.8 Å². The quantitative estimate of drug-likeness (QED) is 0.865. The Kier molecular flexibility index (Phi) is 4.55. The minimum Gasteiger partial charge on any atom is -0.497 e. The first-order chi connectivity index (χ1) is 12.6. The lowest BCUT2D eigenvalue weighted by atomic mass is 9.96. The fraction of sp³-hybridized carbons (Fsp3) is 0.474. The highest BCUT2D eigenvalue weighted by atomic mass is 16.5. The molecule has 0 saturated carbocycles. The van der Waals surface area contributed by atoms with Crippen molar-refractivity contribution in [2.75, 3.05) is 33.9 Å². The van der Waals surface area contributed by atoms with Gasteiger partial charge in [-0.1, -0.05) is 6.07 Å². The summed E-state index contributed by atoms with van der Waals surface area (Å²) in [5, 5.41) is 10.3. The molecule has 1 amide bonds. The third-order valence-electron chi connectivity index (χ3n) is 5.15. The molecule has 1 atom stereocenters. The highest BCUT2D eigenvalue weighted by molar-refractivity contribution is 5.94. The maximum atomic E-state index is 12.6. The van der Waals surface area contributed by atoms with Crippen LogP contribution in [0.5, 0.6) is 11.5 Å². The molecule has 2 aliphatic rings. The largest absolute Gasteiger partial charge is 0.497 e. The van der Waals surface area contributed by atoms with E-state index in [1.807, 2.05) is 18.2 Å². The first-order valence-corrected chi connectivity index (χ1v) is 8.96. The van der Waals surface area contributed by atoms with Gasteiger partial charge in [0.25, 0.3) is 5.91 Å². The van der Waals surface area contributed by atoms with E-state index in [2.05, 4.69) is 27.5 Å². The smallest absolute Gasteiger partial charge is 0.272 e. The lowest BCUT2D eigenvalue weighted by molar-refractivity contribution is 0.0932. The molecule has 0 spiro atoms. The molecule has 0 fully saturated rings. The second-order valence-electron chi connectivity index (χ2n) is 7.08. The maximum absolute atomic E-state index is 12.6. The number of ether oxygens (including phenoxy) is 2. The van der Waals surface area contributed by atoms with E-state index in [1.165, 1.54) is 0 Å². The van der Waals surface area contributed by atoms with Crippen molar-refractivity contribution in [1.29, 1.82) is 0 Å². The van der Waals surface area contributed by atoms with Crippen molar-refractivity contribution >= 4 is 5.91 Å². The van der Waals surface area contributed by atoms with Crippen molar-refractivity contribution in [2.24, 2.45) is 5.92 Å². The summed E-state index contributed by atoms with van der Waals surface area (Å²) >= 11 is 0. The van der Waals surface area contributed by atoms with Gasteiger partial charge in [0, 0.05) is 49.3 Å². The van der Waals surface area contributed by atoms with Gasteiger partial charge in [-0.25, -0.2) is 0 Å². The van der Waals surface area contributed by atoms with Crippen LogP contribution in [0.3, 0.4) is 0 Å². The normalized spacial score (nSPS) is 19.2. The van der Waals surface area contributed by atoms with Crippen LogP contribution in [0.1, 0.15) is 27.3 Å². The first kappa shape index (κ1) is 16.9. The third-order valence-corrected chi connectivity index (χ3v) is 5.15. The summed E-state index contributed by atoms with van der Waals surface area (Å²) < 4.78 is 11.1. The number of hydrogen-bond donors (Lipinski definition) is 2. The summed E-state index contributed by atoms with van der Waals surface area (Å²) in [5.41, 5.74) is 3.77. The van der Waals surface area contributed by atoms with Crippen LogP contribution in [0.4, 0.5) is 0 Å². The number of carbonyl (C=O) groups is 1. The molecule has 0 aliphatic carbocycles. The fourth-order valence-corrected chi connectivity index (χ4v) is 3.61. The molecule has 2 aliphatic heterocycles. The van der Waals surface area contributed by atoms with Crippen LogP contribution in [0, 0.1) is 5.92 Å². The molecule has 0 bridgehead atoms. The number of rotatable bonds is 4. The lowest BCUT2D eigenvalue weighted by Crippen LogP contribution is -2.36. The van der Waals surface area contributed by atoms with Gasteiger partial charge < -0.3 is 19.7 Å². The molecule has 1 aromatic carbocycles. The highest BCUT2D eigenvalue weighted by Gasteiger charge is 2.25. The van der Waals surface area contributed by atoms with Crippen molar-refractivity contribution in [2.45, 2.75) is 19.4 Å². The topological polar surface area (TPSA) is 79.5 Å². The summed E-state index contributed by atoms with van der Waals surface area (Å²) in [4.78, 5) is 14.8. The van der Waals surface area contributed by atoms with Crippen molar-refractivity contribution < 1.29 is 14.3 Å². The number of nitrogens with one attached hydrogen (secondary N) is 2. The van der Waals surface area contributed by atoms with Gasteiger partial charge in [-0.05, 0) is 25.1 Å². The predicted molar refractivity (Wildman–Crippen MR) is 96.6 cm³/mol. The predicted octanol–water partition coefficient (Wildman–Crippen LogP) is 1.39. The summed E-state index contributed by atoms with van der Waals surface area (Å²) in [6.07, 6.45) is 1.78. The number of methoxy groups -OCH3 is 1. The molecule has 2 aromatic rings. The highest BCUT2D eigenvalue weighted by Crippen LogP contribution is 2.30. The number of hydrogen-bond acceptors (Lipinski definition) is 5. The van der Waals surface area contributed by atoms with Crippen molar-refractivity contribution in [3.05, 3.63) is 40.7 Å². The number of aromatic amines is 1. The number of benzene rings is 1. The van der Waals surface area contributed by atoms with Gasteiger partial charge in [0.2, 0.25) is 0 Å². The van der Waals surface area contributed by atoms with E-state index in [0.29, 0.717) is 18.8 Å². The third kappa shape index (κ3) is 3.26. The summed E-state index contributed by atoms with van der Waals surface area (Å²) in [6, 6.07) is 5.88. The Morgan fingerprint density at radius 1 is 1.50 bits per heavy atom. The van der Waals surface area contributed by atoms with Crippen LogP contribution in [0.2, 0.25) is 0 Å². The van der Waals surface area contributed by atoms with Crippen molar-refractivity contribution in [3.8, 4) is 11.5 Å². The molecular formula is C19H24N4O3. The zero-order valence-corrected chi connectivity index (χ0v) is 15.2. The lowest BCUT2D eigenvalue weighted by Gasteiger charge is -2.26. The standard InChI is InChI=1S/C19H24N4O3/c1-23-6-5-16-15(10-23)18(22-21-16)19(24)20-9-12-7-13-3-4-14(25-2)8-17(13)26-11-12/h3-4,8,12H,5-7,9-11H2,1-2H3,(H,20,24)(H,21,22)/t12-/m0/s1. The van der Waals surface area contributed by atoms with E-state index in [9.17, 15) is 4.79 Å². The van der Waals surface area contributed by atoms with Crippen LogP contribution in [-0.4, -0.2) is 54.9 Å². The number of likely N-dealkylation sites (N-methyl/N-ethyl adjacent to an activating group) is 1. The molecule has 4 rings (SSSR count). The number of carbonyl (C=O) groups excluding carboxylic acids is 1. The molecule has 1 aromatic heterocycles. The Labute approximate surface area is 152 Å². The average Bonchev–Trinajstić information content (AvgIpc) is 3.08. The minimum atomic E-state index is -0.113. The average molecular weight is 356 g/mol. The number of amides is 1. The van der Waals surface area contributed by atoms with Crippen LogP contribution in [-0.2, 0) is 19.4 Å². The Bertz CT molecular complexity index is 817. The Morgan fingerprint density at radius 3 is 3.23 bits per heavy atom. The number of nitrogens with zero attached hydrogens (tertiary/aromatic N) is 2. The van der Waals surface area contributed by atoms with Crippen LogP contribution < -0.4 is 14.8 Å². The number of H-pyrrole nitrogens is 1. The molecular weight excluding hydrogens is 332 g/mol. The number of fused-ring (bicyclic) bond motifs is 2. The van der Waals surface area contributed by atoms with Gasteiger partial charge in [0.05, 0.1) is 13.7 Å². The molecule has 138 valence electrons. The van der Waals surface area contributed by atoms with E-state index >= 15 is 0 Å². The SMILES string of the molecule is COc1ccc2c(c1)OC[C@H](CNC(=O)c1n[nH]c3c1CN(C)CC3)C2. The van der Waals surface area contributed by atoms with E-state index < -0.39 is 0 Å². The van der Waals surface area contributed by atoms with Gasteiger partial charge in [-0.2, -0.15) is 5.10 Å². The maximum Gasteiger partial charge on any atom is 0.272 e. The molecule has 26 heavy (non-hydrogen) atoms. The Balaban J connectivity index is 1.37. The van der Waals surface area contributed by atoms with Gasteiger partial charge in [-0.3, -0.25) is 9.89 Å². The second-order valence-corrected chi connectivity index (χ2v) is 7.08. The second kappa shape index (κ2) is 6.99. The Hall–Kier alpha value is -2.54. The van der Waals surface area contributed by atoms with Crippen molar-refractivity contribution in [3.63, 3.8) is 0 Å². The van der Waals surface area contributed by atoms with E-state index in [1.54, 1.807) is 7.11 Å². The van der Waals surface area contributed by atoms with E-state index in [4.69, 9.17) is 9.47 Å².